The molecule has 134 valence electrons. The molecule has 3 aromatic carbocycles. The number of rotatable bonds is 5. The predicted molar refractivity (Wildman–Crippen MR) is 117 cm³/mol. The molecule has 2 amide bonds. The van der Waals surface area contributed by atoms with Crippen molar-refractivity contribution in [1.29, 1.82) is 0 Å². The van der Waals surface area contributed by atoms with Gasteiger partial charge >= 0.3 is 0 Å². The molecule has 27 heavy (non-hydrogen) atoms. The molecule has 0 bridgehead atoms. The average molecular weight is 468 g/mol. The second-order valence-electron chi connectivity index (χ2n) is 5.75. The number of amides is 2. The Bertz CT molecular complexity index is 953. The van der Waals surface area contributed by atoms with E-state index in [0.29, 0.717) is 11.4 Å². The highest BCUT2D eigenvalue weighted by Gasteiger charge is 2.19. The van der Waals surface area contributed by atoms with E-state index in [1.165, 1.54) is 0 Å². The van der Waals surface area contributed by atoms with Crippen LogP contribution in [0.5, 0.6) is 0 Å². The maximum atomic E-state index is 12.8. The number of carbonyl (C=O) groups is 2. The largest absolute Gasteiger partial charge is 0.322 e. The van der Waals surface area contributed by atoms with Crippen LogP contribution in [0, 0.1) is 3.57 Å². The summed E-state index contributed by atoms with van der Waals surface area (Å²) in [6.07, 6.45) is 1.58. The second-order valence-corrected chi connectivity index (χ2v) is 7.00. The monoisotopic (exact) mass is 468 g/mol. The van der Waals surface area contributed by atoms with E-state index in [1.54, 1.807) is 30.3 Å². The highest BCUT2D eigenvalue weighted by molar-refractivity contribution is 14.1. The summed E-state index contributed by atoms with van der Waals surface area (Å²) in [5, 5.41) is 5.55. The van der Waals surface area contributed by atoms with Crippen molar-refractivity contribution in [2.45, 2.75) is 0 Å². The van der Waals surface area contributed by atoms with Crippen LogP contribution in [-0.4, -0.2) is 11.8 Å². The highest BCUT2D eigenvalue weighted by atomic mass is 127. The Kier molecular flexibility index (Phi) is 6.38. The van der Waals surface area contributed by atoms with E-state index < -0.39 is 11.8 Å². The van der Waals surface area contributed by atoms with Crippen molar-refractivity contribution < 1.29 is 9.59 Å². The summed E-state index contributed by atoms with van der Waals surface area (Å²) in [6, 6.07) is 25.7. The summed E-state index contributed by atoms with van der Waals surface area (Å²) in [4.78, 5) is 25.6. The number of halogens is 1. The molecule has 0 saturated carbocycles. The van der Waals surface area contributed by atoms with Crippen molar-refractivity contribution in [3.63, 3.8) is 0 Å². The fourth-order valence-electron chi connectivity index (χ4n) is 2.40. The molecule has 0 aliphatic rings. The number of hydrogen-bond donors (Lipinski definition) is 2. The van der Waals surface area contributed by atoms with Crippen molar-refractivity contribution in [2.75, 3.05) is 10.6 Å². The normalized spacial score (nSPS) is 10.9. The van der Waals surface area contributed by atoms with Gasteiger partial charge in [-0.1, -0.05) is 48.5 Å². The molecule has 4 nitrogen and oxygen atoms in total. The van der Waals surface area contributed by atoms with Crippen LogP contribution in [-0.2, 0) is 9.59 Å². The van der Waals surface area contributed by atoms with Crippen LogP contribution >= 0.6 is 22.6 Å². The molecule has 0 atom stereocenters. The first-order valence-corrected chi connectivity index (χ1v) is 9.40. The number of para-hydroxylation sites is 1. The minimum absolute atomic E-state index is 0.0311. The Morgan fingerprint density at radius 2 is 1.15 bits per heavy atom. The number of anilines is 2. The average Bonchev–Trinajstić information content (AvgIpc) is 2.69. The molecule has 3 rings (SSSR count). The van der Waals surface area contributed by atoms with Gasteiger partial charge in [0, 0.05) is 14.9 Å². The molecule has 0 aliphatic heterocycles. The Balaban J connectivity index is 1.87. The molecular weight excluding hydrogens is 451 g/mol. The first kappa shape index (κ1) is 18.8. The van der Waals surface area contributed by atoms with Gasteiger partial charge in [0.25, 0.3) is 11.8 Å². The third kappa shape index (κ3) is 5.52. The molecule has 3 aromatic rings. The Morgan fingerprint density at radius 1 is 0.667 bits per heavy atom. The van der Waals surface area contributed by atoms with Gasteiger partial charge in [0.15, 0.2) is 0 Å². The van der Waals surface area contributed by atoms with Crippen molar-refractivity contribution >= 4 is 51.9 Å². The number of benzene rings is 3. The summed E-state index contributed by atoms with van der Waals surface area (Å²) in [5.41, 5.74) is 2.06. The standard InChI is InChI=1S/C22H17IN2O2/c23-17-11-13-19(14-12-17)25-22(27)20(15-16-7-3-1-4-8-16)21(26)24-18-9-5-2-6-10-18/h1-15H,(H,24,26)(H,25,27)/b20-15-. The zero-order valence-corrected chi connectivity index (χ0v) is 16.5. The summed E-state index contributed by atoms with van der Waals surface area (Å²) < 4.78 is 1.06. The summed E-state index contributed by atoms with van der Waals surface area (Å²) in [5.74, 6) is -0.929. The van der Waals surface area contributed by atoms with E-state index in [4.69, 9.17) is 0 Å². The van der Waals surface area contributed by atoms with Crippen molar-refractivity contribution in [1.82, 2.24) is 0 Å². The lowest BCUT2D eigenvalue weighted by Crippen LogP contribution is -2.25. The lowest BCUT2D eigenvalue weighted by molar-refractivity contribution is -0.118. The van der Waals surface area contributed by atoms with E-state index in [0.717, 1.165) is 9.13 Å². The van der Waals surface area contributed by atoms with Gasteiger partial charge in [-0.15, -0.1) is 0 Å². The lowest BCUT2D eigenvalue weighted by atomic mass is 10.1. The summed E-state index contributed by atoms with van der Waals surface area (Å²) >= 11 is 2.19. The van der Waals surface area contributed by atoms with Crippen LogP contribution in [0.15, 0.2) is 90.5 Å². The summed E-state index contributed by atoms with van der Waals surface area (Å²) in [7, 11) is 0. The van der Waals surface area contributed by atoms with Gasteiger partial charge in [-0.05, 0) is 70.6 Å². The third-order valence-electron chi connectivity index (χ3n) is 3.73. The smallest absolute Gasteiger partial charge is 0.261 e. The maximum Gasteiger partial charge on any atom is 0.261 e. The van der Waals surface area contributed by atoms with Gasteiger partial charge in [-0.25, -0.2) is 0 Å². The molecule has 0 saturated heterocycles. The molecule has 0 fully saturated rings. The van der Waals surface area contributed by atoms with Gasteiger partial charge in [-0.2, -0.15) is 0 Å². The number of carbonyl (C=O) groups excluding carboxylic acids is 2. The molecule has 0 unspecified atom stereocenters. The van der Waals surface area contributed by atoms with Crippen molar-refractivity contribution in [3.05, 3.63) is 99.6 Å². The van der Waals surface area contributed by atoms with E-state index in [-0.39, 0.29) is 5.57 Å². The lowest BCUT2D eigenvalue weighted by Gasteiger charge is -2.10. The second kappa shape index (κ2) is 9.14. The Labute approximate surface area is 171 Å². The van der Waals surface area contributed by atoms with Gasteiger partial charge in [0.1, 0.15) is 5.57 Å². The quantitative estimate of drug-likeness (QED) is 0.241. The van der Waals surface area contributed by atoms with Gasteiger partial charge < -0.3 is 10.6 Å². The predicted octanol–water partition coefficient (Wildman–Crippen LogP) is 4.95. The zero-order valence-electron chi connectivity index (χ0n) is 14.4. The number of nitrogens with one attached hydrogen (secondary N) is 2. The highest BCUT2D eigenvalue weighted by Crippen LogP contribution is 2.16. The zero-order chi connectivity index (χ0) is 19.1. The van der Waals surface area contributed by atoms with E-state index >= 15 is 0 Å². The third-order valence-corrected chi connectivity index (χ3v) is 4.45. The Hall–Kier alpha value is -2.93. The van der Waals surface area contributed by atoms with Crippen LogP contribution < -0.4 is 10.6 Å². The molecule has 5 heteroatoms. The Morgan fingerprint density at radius 3 is 1.70 bits per heavy atom. The van der Waals surface area contributed by atoms with Gasteiger partial charge in [-0.3, -0.25) is 9.59 Å². The van der Waals surface area contributed by atoms with E-state index in [9.17, 15) is 9.59 Å². The first-order chi connectivity index (χ1) is 13.1. The fourth-order valence-corrected chi connectivity index (χ4v) is 2.76. The van der Waals surface area contributed by atoms with Gasteiger partial charge in [0.2, 0.25) is 0 Å². The molecular formula is C22H17IN2O2. The van der Waals surface area contributed by atoms with E-state index in [2.05, 4.69) is 33.2 Å². The maximum absolute atomic E-state index is 12.8. The van der Waals surface area contributed by atoms with Crippen molar-refractivity contribution in [2.24, 2.45) is 0 Å². The van der Waals surface area contributed by atoms with Crippen LogP contribution in [0.1, 0.15) is 5.56 Å². The van der Waals surface area contributed by atoms with Crippen LogP contribution in [0.4, 0.5) is 11.4 Å². The van der Waals surface area contributed by atoms with Crippen LogP contribution in [0.3, 0.4) is 0 Å². The molecule has 0 aromatic heterocycles. The van der Waals surface area contributed by atoms with Crippen molar-refractivity contribution in [3.8, 4) is 0 Å². The molecule has 0 heterocycles. The van der Waals surface area contributed by atoms with Gasteiger partial charge in [0.05, 0.1) is 0 Å². The SMILES string of the molecule is O=C(Nc1ccccc1)/C(=C/c1ccccc1)C(=O)Nc1ccc(I)cc1. The topological polar surface area (TPSA) is 58.2 Å². The van der Waals surface area contributed by atoms with Crippen LogP contribution in [0.2, 0.25) is 0 Å². The fraction of sp³-hybridized carbons (Fsp3) is 0. The minimum atomic E-state index is -0.465. The van der Waals surface area contributed by atoms with Crippen LogP contribution in [0.25, 0.3) is 6.08 Å². The molecule has 0 radical (unpaired) electrons. The molecule has 0 aliphatic carbocycles. The molecule has 0 spiro atoms. The molecule has 2 N–H and O–H groups in total. The van der Waals surface area contributed by atoms with E-state index in [1.807, 2.05) is 60.7 Å². The first-order valence-electron chi connectivity index (χ1n) is 8.32. The minimum Gasteiger partial charge on any atom is -0.322 e. The number of hydrogen-bond acceptors (Lipinski definition) is 2. The summed E-state index contributed by atoms with van der Waals surface area (Å²) in [6.45, 7) is 0.